The van der Waals surface area contributed by atoms with Gasteiger partial charge in [-0.25, -0.2) is 0 Å². The van der Waals surface area contributed by atoms with Gasteiger partial charge < -0.3 is 0 Å². The molecule has 0 amide bonds. The monoisotopic (exact) mass is 228 g/mol. The lowest BCUT2D eigenvalue weighted by molar-refractivity contribution is 0.0994. The van der Waals surface area contributed by atoms with Gasteiger partial charge in [-0.15, -0.1) is 11.3 Å². The van der Waals surface area contributed by atoms with Crippen molar-refractivity contribution in [2.24, 2.45) is 0 Å². The molecule has 16 heavy (non-hydrogen) atoms. The molecule has 1 aromatic heterocycles. The van der Waals surface area contributed by atoms with Gasteiger partial charge in [0.05, 0.1) is 0 Å². The summed E-state index contributed by atoms with van der Waals surface area (Å²) in [6.07, 6.45) is 1.58. The second-order valence-electron chi connectivity index (χ2n) is 4.15. The Balaban J connectivity index is 2.24. The number of carbonyl (C=O) groups is 1. The summed E-state index contributed by atoms with van der Waals surface area (Å²) < 4.78 is 0. The number of carbonyl (C=O) groups excluding carboxylic acids is 1. The van der Waals surface area contributed by atoms with Crippen LogP contribution in [0.2, 0.25) is 0 Å². The van der Waals surface area contributed by atoms with Crippen LogP contribution in [0.4, 0.5) is 0 Å². The molecule has 0 bridgehead atoms. The highest BCUT2D eigenvalue weighted by atomic mass is 32.1. The summed E-state index contributed by atoms with van der Waals surface area (Å²) in [5, 5.41) is 2.11. The van der Waals surface area contributed by atoms with Gasteiger partial charge in [0, 0.05) is 16.9 Å². The molecule has 80 valence electrons. The maximum atomic E-state index is 11.7. The molecule has 1 heterocycles. The number of hydrogen-bond donors (Lipinski definition) is 0. The molecule has 0 unspecified atom stereocenters. The summed E-state index contributed by atoms with van der Waals surface area (Å²) in [7, 11) is 0. The zero-order chi connectivity index (χ0) is 11.1. The second kappa shape index (κ2) is 3.56. The standard InChI is InChI=1S/C14H12OS/c1-9-10(7-8-16-9)11-3-2-4-13-12(11)5-6-14(13)15/h2-4,7-8H,5-6H2,1H3. The van der Waals surface area contributed by atoms with Crippen molar-refractivity contribution in [2.45, 2.75) is 19.8 Å². The highest BCUT2D eigenvalue weighted by Gasteiger charge is 2.22. The fourth-order valence-electron chi connectivity index (χ4n) is 2.41. The first-order valence-electron chi connectivity index (χ1n) is 5.47. The van der Waals surface area contributed by atoms with E-state index in [1.807, 2.05) is 12.1 Å². The van der Waals surface area contributed by atoms with Crippen molar-refractivity contribution in [1.82, 2.24) is 0 Å². The van der Waals surface area contributed by atoms with Crippen LogP contribution in [0, 0.1) is 6.92 Å². The highest BCUT2D eigenvalue weighted by Crippen LogP contribution is 2.35. The predicted octanol–water partition coefficient (Wildman–Crippen LogP) is 3.85. The van der Waals surface area contributed by atoms with E-state index in [4.69, 9.17) is 0 Å². The summed E-state index contributed by atoms with van der Waals surface area (Å²) in [4.78, 5) is 13.0. The predicted molar refractivity (Wildman–Crippen MR) is 67.1 cm³/mol. The van der Waals surface area contributed by atoms with Crippen molar-refractivity contribution in [2.75, 3.05) is 0 Å². The Kier molecular flexibility index (Phi) is 2.18. The summed E-state index contributed by atoms with van der Waals surface area (Å²) in [5.74, 6) is 0.296. The first kappa shape index (κ1) is 9.79. The summed E-state index contributed by atoms with van der Waals surface area (Å²) in [5.41, 5.74) is 4.72. The number of benzene rings is 1. The zero-order valence-electron chi connectivity index (χ0n) is 9.12. The van der Waals surface area contributed by atoms with Crippen LogP contribution in [0.3, 0.4) is 0 Å². The number of Topliss-reactive ketones (excluding diaryl/α,β-unsaturated/α-hetero) is 1. The second-order valence-corrected chi connectivity index (χ2v) is 5.27. The molecule has 0 atom stereocenters. The van der Waals surface area contributed by atoms with Gasteiger partial charge in [0.25, 0.3) is 0 Å². The van der Waals surface area contributed by atoms with Crippen molar-refractivity contribution in [1.29, 1.82) is 0 Å². The molecule has 0 spiro atoms. The Hall–Kier alpha value is -1.41. The molecule has 3 rings (SSSR count). The Morgan fingerprint density at radius 1 is 1.06 bits per heavy atom. The van der Waals surface area contributed by atoms with E-state index in [1.165, 1.54) is 21.6 Å². The average Bonchev–Trinajstić information content (AvgIpc) is 2.86. The van der Waals surface area contributed by atoms with E-state index in [0.717, 1.165) is 12.0 Å². The van der Waals surface area contributed by atoms with E-state index in [1.54, 1.807) is 11.3 Å². The average molecular weight is 228 g/mol. The summed E-state index contributed by atoms with van der Waals surface area (Å²) >= 11 is 1.76. The highest BCUT2D eigenvalue weighted by molar-refractivity contribution is 7.10. The van der Waals surface area contributed by atoms with Crippen molar-refractivity contribution in [3.8, 4) is 11.1 Å². The van der Waals surface area contributed by atoms with Gasteiger partial charge in [-0.1, -0.05) is 18.2 Å². The molecule has 0 N–H and O–H groups in total. The molecule has 1 aliphatic carbocycles. The maximum Gasteiger partial charge on any atom is 0.163 e. The first-order chi connectivity index (χ1) is 7.77. The number of aryl methyl sites for hydroxylation is 1. The van der Waals surface area contributed by atoms with Crippen LogP contribution in [0.5, 0.6) is 0 Å². The molecule has 0 aliphatic heterocycles. The van der Waals surface area contributed by atoms with E-state index >= 15 is 0 Å². The molecule has 1 aliphatic rings. The van der Waals surface area contributed by atoms with E-state index in [0.29, 0.717) is 12.2 Å². The van der Waals surface area contributed by atoms with Crippen LogP contribution >= 0.6 is 11.3 Å². The van der Waals surface area contributed by atoms with Gasteiger partial charge in [0.2, 0.25) is 0 Å². The Bertz CT molecular complexity index is 566. The molecule has 0 fully saturated rings. The summed E-state index contributed by atoms with van der Waals surface area (Å²) in [6.45, 7) is 2.14. The largest absolute Gasteiger partial charge is 0.294 e. The minimum Gasteiger partial charge on any atom is -0.294 e. The molecule has 1 nitrogen and oxygen atoms in total. The van der Waals surface area contributed by atoms with Crippen molar-refractivity contribution >= 4 is 17.1 Å². The van der Waals surface area contributed by atoms with Gasteiger partial charge >= 0.3 is 0 Å². The molecule has 1 aromatic carbocycles. The lowest BCUT2D eigenvalue weighted by Crippen LogP contribution is -1.92. The Morgan fingerprint density at radius 3 is 2.62 bits per heavy atom. The fourth-order valence-corrected chi connectivity index (χ4v) is 3.12. The number of thiophene rings is 1. The number of fused-ring (bicyclic) bond motifs is 1. The third kappa shape index (κ3) is 1.34. The van der Waals surface area contributed by atoms with E-state index in [-0.39, 0.29) is 0 Å². The van der Waals surface area contributed by atoms with Crippen molar-refractivity contribution in [3.05, 3.63) is 45.6 Å². The molecule has 0 radical (unpaired) electrons. The van der Waals surface area contributed by atoms with Gasteiger partial charge in [-0.2, -0.15) is 0 Å². The fraction of sp³-hybridized carbons (Fsp3) is 0.214. The van der Waals surface area contributed by atoms with Crippen LogP contribution in [0.1, 0.15) is 27.2 Å². The topological polar surface area (TPSA) is 17.1 Å². The summed E-state index contributed by atoms with van der Waals surface area (Å²) in [6, 6.07) is 8.23. The smallest absolute Gasteiger partial charge is 0.163 e. The minimum absolute atomic E-state index is 0.296. The minimum atomic E-state index is 0.296. The first-order valence-corrected chi connectivity index (χ1v) is 6.35. The van der Waals surface area contributed by atoms with E-state index < -0.39 is 0 Å². The number of rotatable bonds is 1. The van der Waals surface area contributed by atoms with Crippen LogP contribution in [0.15, 0.2) is 29.6 Å². The molecule has 0 saturated carbocycles. The van der Waals surface area contributed by atoms with Gasteiger partial charge in [-0.05, 0) is 41.5 Å². The van der Waals surface area contributed by atoms with Gasteiger partial charge in [-0.3, -0.25) is 4.79 Å². The van der Waals surface area contributed by atoms with Gasteiger partial charge in [0.1, 0.15) is 0 Å². The lowest BCUT2D eigenvalue weighted by atomic mass is 9.97. The Labute approximate surface area is 98.7 Å². The molecular weight excluding hydrogens is 216 g/mol. The SMILES string of the molecule is Cc1sccc1-c1cccc2c1CCC2=O. The van der Waals surface area contributed by atoms with Gasteiger partial charge in [0.15, 0.2) is 5.78 Å². The zero-order valence-corrected chi connectivity index (χ0v) is 9.93. The number of ketones is 1. The van der Waals surface area contributed by atoms with Crippen LogP contribution in [-0.2, 0) is 6.42 Å². The quantitative estimate of drug-likeness (QED) is 0.724. The van der Waals surface area contributed by atoms with Crippen LogP contribution < -0.4 is 0 Å². The molecule has 2 heteroatoms. The third-order valence-electron chi connectivity index (χ3n) is 3.23. The number of hydrogen-bond acceptors (Lipinski definition) is 2. The molecular formula is C14H12OS. The maximum absolute atomic E-state index is 11.7. The van der Waals surface area contributed by atoms with E-state index in [9.17, 15) is 4.79 Å². The van der Waals surface area contributed by atoms with Crippen LogP contribution in [-0.4, -0.2) is 5.78 Å². The Morgan fingerprint density at radius 2 is 1.88 bits per heavy atom. The van der Waals surface area contributed by atoms with Crippen molar-refractivity contribution in [3.63, 3.8) is 0 Å². The third-order valence-corrected chi connectivity index (χ3v) is 4.07. The normalized spacial score (nSPS) is 14.2. The molecule has 2 aromatic rings. The lowest BCUT2D eigenvalue weighted by Gasteiger charge is -2.06. The van der Waals surface area contributed by atoms with E-state index in [2.05, 4.69) is 24.4 Å². The van der Waals surface area contributed by atoms with Crippen molar-refractivity contribution < 1.29 is 4.79 Å². The molecule has 0 saturated heterocycles. The van der Waals surface area contributed by atoms with Crippen LogP contribution in [0.25, 0.3) is 11.1 Å².